The van der Waals surface area contributed by atoms with Crippen LogP contribution in [0.3, 0.4) is 0 Å². The van der Waals surface area contributed by atoms with Crippen LogP contribution in [0.1, 0.15) is 82.9 Å². The van der Waals surface area contributed by atoms with Gasteiger partial charge in [0.2, 0.25) is 53.2 Å². The lowest BCUT2D eigenvalue weighted by molar-refractivity contribution is -0.134. The number of hydrogen-bond acceptors (Lipinski definition) is 18. The summed E-state index contributed by atoms with van der Waals surface area (Å²) in [6.45, 7) is 3.10. The van der Waals surface area contributed by atoms with E-state index >= 15 is 0 Å². The number of aromatic hydroxyl groups is 1. The lowest BCUT2D eigenvalue weighted by Gasteiger charge is -2.26. The number of amides is 11. The molecule has 8 atom stereocenters. The van der Waals surface area contributed by atoms with Crippen LogP contribution in [0.5, 0.6) is 5.75 Å². The van der Waals surface area contributed by atoms with Gasteiger partial charge in [-0.1, -0.05) is 37.6 Å². The minimum absolute atomic E-state index is 0.00247. The molecule has 1 aromatic carbocycles. The molecule has 1 unspecified atom stereocenters. The number of benzene rings is 1. The van der Waals surface area contributed by atoms with Crippen molar-refractivity contribution in [2.45, 2.75) is 139 Å². The van der Waals surface area contributed by atoms with Crippen LogP contribution in [0.2, 0.25) is 0 Å². The molecule has 2 bridgehead atoms. The van der Waals surface area contributed by atoms with E-state index in [0.717, 1.165) is 25.0 Å². The fraction of sp³-hybridized carbons (Fsp3) is 0.642. The standard InChI is InChI=1S/C53H83N17O14S/c1-31(2)45-51(80)63-36(9-7-16-58-52(55)56)49(78)62-35(47(54)76)8-5-6-18-70-28-33(68-69-70)25-38(50(79)64-37(24-32-12-14-34(71)15-13-32)48(77)60-26-42(73)59-27-43(74)66-45)61-44(75)29-84-23-22-83-21-20-82-19-17-57-41(72)11-4-3-10-40-46-39(30-85-40)65-53(81)67-46/h12-15,28,31,35-40,45-46,71H,3-11,16-27,29-30H2,1-2H3,(H2,54,76)(H,57,72)(H,59,73)(H,60,77)(H,61,75)(H,62,78)(H,63,80)(H,64,79)(H,66,74)(H4,55,56,58)(H2,65,67,81)/t35-,36?,37+,38-,39+,40+,45+,46+/m0/s1. The van der Waals surface area contributed by atoms with Crippen LogP contribution in [-0.2, 0) is 76.7 Å². The first-order chi connectivity index (χ1) is 40.7. The molecule has 31 nitrogen and oxygen atoms in total. The highest BCUT2D eigenvalue weighted by molar-refractivity contribution is 8.00. The van der Waals surface area contributed by atoms with Crippen molar-refractivity contribution in [3.8, 4) is 5.75 Å². The van der Waals surface area contributed by atoms with Crippen molar-refractivity contribution in [2.24, 2.45) is 17.4 Å². The molecule has 2 fully saturated rings. The van der Waals surface area contributed by atoms with E-state index in [1.165, 1.54) is 28.9 Å². The molecule has 17 N–H and O–H groups in total. The molecule has 0 spiro atoms. The normalized spacial score (nSPS) is 23.1. The zero-order valence-electron chi connectivity index (χ0n) is 48.0. The van der Waals surface area contributed by atoms with Crippen LogP contribution in [0.15, 0.2) is 30.5 Å². The number of aryl methyl sites for hydroxylation is 1. The third kappa shape index (κ3) is 25.1. The molecule has 5 rings (SSSR count). The minimum Gasteiger partial charge on any atom is -0.508 e. The summed E-state index contributed by atoms with van der Waals surface area (Å²) >= 11 is 1.85. The first kappa shape index (κ1) is 67.9. The van der Waals surface area contributed by atoms with Crippen LogP contribution in [0.4, 0.5) is 4.79 Å². The van der Waals surface area contributed by atoms with Gasteiger partial charge in [0.1, 0.15) is 42.6 Å². The van der Waals surface area contributed by atoms with Crippen molar-refractivity contribution < 1.29 is 67.3 Å². The van der Waals surface area contributed by atoms with Gasteiger partial charge in [0, 0.05) is 56.1 Å². The molecule has 3 aliphatic heterocycles. The Bertz CT molecular complexity index is 2580. The molecular weight excluding hydrogens is 1130 g/mol. The van der Waals surface area contributed by atoms with Crippen molar-refractivity contribution in [2.75, 3.05) is 71.6 Å². The summed E-state index contributed by atoms with van der Waals surface area (Å²) < 4.78 is 18.1. The second kappa shape index (κ2) is 36.1. The maximum atomic E-state index is 14.2. The Kier molecular flexibility index (Phi) is 28.9. The number of guanidine groups is 1. The quantitative estimate of drug-likeness (QED) is 0.0194. The Balaban J connectivity index is 1.16. The number of hydrogen-bond donors (Lipinski definition) is 15. The summed E-state index contributed by atoms with van der Waals surface area (Å²) in [5.74, 6) is -6.33. The van der Waals surface area contributed by atoms with Gasteiger partial charge in [-0.15, -0.1) is 5.10 Å². The fourth-order valence-corrected chi connectivity index (χ4v) is 10.8. The molecule has 2 aromatic rings. The molecule has 0 aliphatic carbocycles. The summed E-state index contributed by atoms with van der Waals surface area (Å²) in [4.78, 5) is 132. The molecule has 1 aromatic heterocycles. The first-order valence-corrected chi connectivity index (χ1v) is 29.6. The number of aromatic nitrogens is 3. The van der Waals surface area contributed by atoms with Crippen LogP contribution < -0.4 is 70.0 Å². The summed E-state index contributed by atoms with van der Waals surface area (Å²) in [6.07, 6.45) is 5.25. The topological polar surface area (TPSA) is 458 Å². The van der Waals surface area contributed by atoms with Crippen LogP contribution in [0.25, 0.3) is 0 Å². The number of fused-ring (bicyclic) bond motifs is 3. The molecule has 2 saturated heterocycles. The molecule has 32 heteroatoms. The number of rotatable bonds is 25. The van der Waals surface area contributed by atoms with Crippen molar-refractivity contribution >= 4 is 76.9 Å². The minimum atomic E-state index is -1.37. The van der Waals surface area contributed by atoms with E-state index in [-0.39, 0.29) is 120 Å². The Hall–Kier alpha value is -7.84. The van der Waals surface area contributed by atoms with Gasteiger partial charge in [-0.25, -0.2) is 4.79 Å². The predicted octanol–water partition coefficient (Wildman–Crippen LogP) is -4.09. The average Bonchev–Trinajstić information content (AvgIpc) is 3.47. The van der Waals surface area contributed by atoms with Crippen LogP contribution in [0, 0.1) is 11.3 Å². The van der Waals surface area contributed by atoms with E-state index in [1.807, 2.05) is 11.8 Å². The van der Waals surface area contributed by atoms with Gasteiger partial charge >= 0.3 is 6.03 Å². The number of urea groups is 1. The molecular formula is C53H83N17O14S. The number of nitrogens with zero attached hydrogens (tertiary/aromatic N) is 3. The molecule has 0 radical (unpaired) electrons. The number of carbonyl (C=O) groups is 10. The van der Waals surface area contributed by atoms with Crippen molar-refractivity contribution in [3.63, 3.8) is 0 Å². The molecule has 0 saturated carbocycles. The maximum Gasteiger partial charge on any atom is 0.315 e. The highest BCUT2D eigenvalue weighted by atomic mass is 32.2. The van der Waals surface area contributed by atoms with E-state index in [0.29, 0.717) is 36.6 Å². The lowest BCUT2D eigenvalue weighted by atomic mass is 10.0. The van der Waals surface area contributed by atoms with E-state index in [4.69, 9.17) is 31.1 Å². The summed E-state index contributed by atoms with van der Waals surface area (Å²) in [5, 5.41) is 55.4. The summed E-state index contributed by atoms with van der Waals surface area (Å²) in [5.41, 5.74) is 11.9. The number of unbranched alkanes of at least 4 members (excludes halogenated alkanes) is 1. The molecule has 85 heavy (non-hydrogen) atoms. The fourth-order valence-electron chi connectivity index (χ4n) is 9.31. The molecule has 3 aliphatic rings. The van der Waals surface area contributed by atoms with Gasteiger partial charge in [-0.2, -0.15) is 11.8 Å². The number of phenolic OH excluding ortho intramolecular Hbond substituents is 1. The van der Waals surface area contributed by atoms with Crippen LogP contribution >= 0.6 is 11.8 Å². The van der Waals surface area contributed by atoms with E-state index in [2.05, 4.69) is 68.8 Å². The lowest BCUT2D eigenvalue weighted by Crippen LogP contribution is -2.58. The number of nitrogens with one attached hydrogen (secondary N) is 12. The van der Waals surface area contributed by atoms with Gasteiger partial charge in [-0.05, 0) is 68.6 Å². The van der Waals surface area contributed by atoms with E-state index in [1.54, 1.807) is 20.0 Å². The van der Waals surface area contributed by atoms with Gasteiger partial charge in [-0.3, -0.25) is 53.2 Å². The third-order valence-corrected chi connectivity index (χ3v) is 15.3. The molecule has 11 amide bonds. The predicted molar refractivity (Wildman–Crippen MR) is 308 cm³/mol. The van der Waals surface area contributed by atoms with Crippen LogP contribution in [-0.4, -0.2) is 204 Å². The highest BCUT2D eigenvalue weighted by Gasteiger charge is 2.42. The molecule has 470 valence electrons. The SMILES string of the molecule is CC(C)[C@H]1NC(=O)CNC(=O)CNC(=O)[C@@H](Cc2ccc(O)cc2)NC(=O)[C@@H](NC(=O)COCCOCCOCCNC(=O)CCCC[C@H]2SC[C@H]3NC(=O)N[C@H]32)Cc2cn(nn2)CCCC[C@@H](C(N)=O)NC(=O)C(CCCNC(=N)N)NC1=O. The number of primary amides is 1. The second-order valence-corrected chi connectivity index (χ2v) is 22.3. The average molecular weight is 1210 g/mol. The maximum absolute atomic E-state index is 14.2. The number of ether oxygens (including phenoxy) is 3. The first-order valence-electron chi connectivity index (χ1n) is 28.5. The zero-order valence-corrected chi connectivity index (χ0v) is 48.8. The van der Waals surface area contributed by atoms with Crippen molar-refractivity contribution in [1.82, 2.24) is 73.5 Å². The number of phenols is 1. The third-order valence-electron chi connectivity index (χ3n) is 13.8. The smallest absolute Gasteiger partial charge is 0.315 e. The summed E-state index contributed by atoms with van der Waals surface area (Å²) in [7, 11) is 0. The summed E-state index contributed by atoms with van der Waals surface area (Å²) in [6, 6.07) is -0.285. The monoisotopic (exact) mass is 1210 g/mol. The van der Waals surface area contributed by atoms with Gasteiger partial charge in [0.05, 0.1) is 63.9 Å². The van der Waals surface area contributed by atoms with E-state index in [9.17, 15) is 53.1 Å². The molecule has 4 heterocycles. The second-order valence-electron chi connectivity index (χ2n) is 21.0. The van der Waals surface area contributed by atoms with Crippen molar-refractivity contribution in [1.29, 1.82) is 5.41 Å². The largest absolute Gasteiger partial charge is 0.508 e. The highest BCUT2D eigenvalue weighted by Crippen LogP contribution is 2.33. The van der Waals surface area contributed by atoms with Gasteiger partial charge in [0.15, 0.2) is 5.96 Å². The zero-order chi connectivity index (χ0) is 61.7. The van der Waals surface area contributed by atoms with E-state index < -0.39 is 103 Å². The Morgan fingerprint density at radius 1 is 0.765 bits per heavy atom. The number of nitrogens with two attached hydrogens (primary N) is 2. The number of carbonyl (C=O) groups excluding carboxylic acids is 10. The Labute approximate surface area is 496 Å². The Morgan fingerprint density at radius 2 is 1.48 bits per heavy atom. The van der Waals surface area contributed by atoms with Gasteiger partial charge in [0.25, 0.3) is 0 Å². The van der Waals surface area contributed by atoms with Gasteiger partial charge < -0.3 is 89.3 Å². The van der Waals surface area contributed by atoms with Crippen molar-refractivity contribution in [3.05, 3.63) is 41.7 Å². The number of thioether (sulfide) groups is 1. The Morgan fingerprint density at radius 3 is 2.21 bits per heavy atom.